The summed E-state index contributed by atoms with van der Waals surface area (Å²) in [5.41, 5.74) is 4.82. The number of hydrogen-bond acceptors (Lipinski definition) is 9. The van der Waals surface area contributed by atoms with E-state index in [0.717, 1.165) is 57.4 Å². The molecule has 192 valence electrons. The lowest BCUT2D eigenvalue weighted by molar-refractivity contribution is 0.0634. The summed E-state index contributed by atoms with van der Waals surface area (Å²) >= 11 is 1.62. The van der Waals surface area contributed by atoms with E-state index in [4.69, 9.17) is 14.6 Å². The van der Waals surface area contributed by atoms with Crippen LogP contribution >= 0.6 is 11.8 Å². The van der Waals surface area contributed by atoms with Gasteiger partial charge in [0.2, 0.25) is 5.95 Å². The Balaban J connectivity index is 1.79. The lowest BCUT2D eigenvalue weighted by Gasteiger charge is -2.19. The maximum atomic E-state index is 12.5. The first kappa shape index (κ1) is 25.9. The summed E-state index contributed by atoms with van der Waals surface area (Å²) in [6.07, 6.45) is 4.23. The minimum atomic E-state index is -0.635. The summed E-state index contributed by atoms with van der Waals surface area (Å²) in [6.45, 7) is 10.7. The number of aromatic nitrogens is 5. The lowest BCUT2D eigenvalue weighted by atomic mass is 10.1. The minimum absolute atomic E-state index is 0.178. The fourth-order valence-electron chi connectivity index (χ4n) is 4.03. The second-order valence-corrected chi connectivity index (χ2v) is 10.7. The number of carbonyl (C=O) groups excluding carboxylic acids is 1. The molecule has 36 heavy (non-hydrogen) atoms. The zero-order chi connectivity index (χ0) is 26.0. The Morgan fingerprint density at radius 3 is 2.72 bits per heavy atom. The molecule has 0 radical (unpaired) electrons. The van der Waals surface area contributed by atoms with Crippen LogP contribution in [0.3, 0.4) is 0 Å². The van der Waals surface area contributed by atoms with E-state index in [-0.39, 0.29) is 5.95 Å². The van der Waals surface area contributed by atoms with Gasteiger partial charge in [0.15, 0.2) is 5.65 Å². The van der Waals surface area contributed by atoms with Gasteiger partial charge in [-0.2, -0.15) is 10.1 Å². The predicted octanol–water partition coefficient (Wildman–Crippen LogP) is 4.34. The first-order valence-corrected chi connectivity index (χ1v) is 12.8. The Morgan fingerprint density at radius 2 is 2.03 bits per heavy atom. The Kier molecular flexibility index (Phi) is 7.51. The van der Waals surface area contributed by atoms with E-state index in [2.05, 4.69) is 31.7 Å². The monoisotopic (exact) mass is 511 g/mol. The quantitative estimate of drug-likeness (QED) is 0.447. The number of methoxy groups -OCH3 is 1. The fourth-order valence-corrected chi connectivity index (χ4v) is 5.07. The fraction of sp³-hybridized carbons (Fsp3) is 0.480. The molecule has 0 aromatic carbocycles. The third-order valence-corrected chi connectivity index (χ3v) is 6.76. The summed E-state index contributed by atoms with van der Waals surface area (Å²) in [5, 5.41) is 12.4. The van der Waals surface area contributed by atoms with Gasteiger partial charge in [0.25, 0.3) is 0 Å². The van der Waals surface area contributed by atoms with Gasteiger partial charge in [-0.05, 0) is 60.7 Å². The number of thioether (sulfide) groups is 1. The molecule has 3 aromatic rings. The van der Waals surface area contributed by atoms with Crippen molar-refractivity contribution in [3.63, 3.8) is 0 Å². The Labute approximate surface area is 215 Å². The van der Waals surface area contributed by atoms with Crippen molar-refractivity contribution in [2.24, 2.45) is 0 Å². The van der Waals surface area contributed by atoms with Gasteiger partial charge in [-0.15, -0.1) is 11.8 Å². The van der Waals surface area contributed by atoms with Gasteiger partial charge in [-0.3, -0.25) is 10.3 Å². The van der Waals surface area contributed by atoms with Crippen molar-refractivity contribution in [2.75, 3.05) is 31.8 Å². The van der Waals surface area contributed by atoms with E-state index < -0.39 is 11.7 Å². The highest BCUT2D eigenvalue weighted by Gasteiger charge is 2.24. The number of carbonyl (C=O) groups is 1. The summed E-state index contributed by atoms with van der Waals surface area (Å²) in [6, 6.07) is 0. The molecule has 4 rings (SSSR count). The molecule has 4 heterocycles. The molecule has 10 nitrogen and oxygen atoms in total. The van der Waals surface area contributed by atoms with Crippen molar-refractivity contribution in [3.8, 4) is 5.75 Å². The van der Waals surface area contributed by atoms with Gasteiger partial charge >= 0.3 is 6.09 Å². The largest absolute Gasteiger partial charge is 0.496 e. The zero-order valence-corrected chi connectivity index (χ0v) is 22.7. The molecule has 0 aliphatic carbocycles. The number of rotatable bonds is 7. The summed E-state index contributed by atoms with van der Waals surface area (Å²) < 4.78 is 12.8. The standard InChI is InChI=1S/C25H33N7O3S/c1-14-11-27-18(15(2)20(14)34-7)12-32-21-19-17(31-32)10-16(8-9-26-6)13-36-22(19)29-23(28-21)30-24(33)35-25(3,4)5/h10-11,26H,8-9,12-13H2,1-7H3,(H,28,29,30,33). The highest BCUT2D eigenvalue weighted by molar-refractivity contribution is 7.99. The van der Waals surface area contributed by atoms with Gasteiger partial charge < -0.3 is 14.8 Å². The third kappa shape index (κ3) is 5.62. The van der Waals surface area contributed by atoms with Gasteiger partial charge in [-0.25, -0.2) is 14.5 Å². The first-order valence-electron chi connectivity index (χ1n) is 11.8. The predicted molar refractivity (Wildman–Crippen MR) is 142 cm³/mol. The number of nitrogens with one attached hydrogen (secondary N) is 2. The molecule has 0 fully saturated rings. The number of amides is 1. The molecule has 3 aromatic heterocycles. The van der Waals surface area contributed by atoms with E-state index in [1.165, 1.54) is 5.57 Å². The van der Waals surface area contributed by atoms with E-state index in [1.54, 1.807) is 25.1 Å². The topological polar surface area (TPSA) is 116 Å². The molecule has 0 atom stereocenters. The SMILES string of the molecule is CNCCC1=Cc2nn(Cc3ncc(C)c(OC)c3C)c3nc(NC(=O)OC(C)(C)C)nc(c23)SC1. The molecule has 1 aliphatic rings. The normalized spacial score (nSPS) is 13.4. The van der Waals surface area contributed by atoms with Crippen LogP contribution in [0.5, 0.6) is 5.75 Å². The van der Waals surface area contributed by atoms with Crippen LogP contribution < -0.4 is 15.4 Å². The van der Waals surface area contributed by atoms with E-state index in [0.29, 0.717) is 12.2 Å². The average molecular weight is 512 g/mol. The van der Waals surface area contributed by atoms with Crippen LogP contribution in [0.4, 0.5) is 10.7 Å². The third-order valence-electron chi connectivity index (χ3n) is 5.68. The number of hydrogen-bond donors (Lipinski definition) is 2. The molecule has 0 unspecified atom stereocenters. The smallest absolute Gasteiger partial charge is 0.414 e. The van der Waals surface area contributed by atoms with Crippen LogP contribution in [-0.4, -0.2) is 62.9 Å². The summed E-state index contributed by atoms with van der Waals surface area (Å²) in [7, 11) is 3.60. The summed E-state index contributed by atoms with van der Waals surface area (Å²) in [5.74, 6) is 1.77. The molecular weight excluding hydrogens is 478 g/mol. The highest BCUT2D eigenvalue weighted by Crippen LogP contribution is 2.36. The second kappa shape index (κ2) is 10.4. The zero-order valence-electron chi connectivity index (χ0n) is 21.9. The Morgan fingerprint density at radius 1 is 1.25 bits per heavy atom. The number of aryl methyl sites for hydroxylation is 1. The van der Waals surface area contributed by atoms with Crippen LogP contribution in [0.15, 0.2) is 16.8 Å². The highest BCUT2D eigenvalue weighted by atomic mass is 32.2. The number of anilines is 1. The van der Waals surface area contributed by atoms with Crippen molar-refractivity contribution in [1.82, 2.24) is 30.0 Å². The lowest BCUT2D eigenvalue weighted by Crippen LogP contribution is -2.28. The van der Waals surface area contributed by atoms with E-state index in [9.17, 15) is 4.79 Å². The number of ether oxygens (including phenoxy) is 2. The maximum Gasteiger partial charge on any atom is 0.414 e. The Hall–Kier alpha value is -3.18. The number of nitrogens with zero attached hydrogens (tertiary/aromatic N) is 5. The van der Waals surface area contributed by atoms with Crippen LogP contribution in [0.2, 0.25) is 0 Å². The molecule has 0 bridgehead atoms. The molecule has 0 spiro atoms. The van der Waals surface area contributed by atoms with Crippen LogP contribution in [0.25, 0.3) is 17.1 Å². The van der Waals surface area contributed by atoms with Crippen LogP contribution in [0.1, 0.15) is 49.7 Å². The maximum absolute atomic E-state index is 12.5. The van der Waals surface area contributed by atoms with Crippen molar-refractivity contribution >= 4 is 40.9 Å². The van der Waals surface area contributed by atoms with E-state index in [1.807, 2.05) is 46.3 Å². The van der Waals surface area contributed by atoms with Crippen LogP contribution in [-0.2, 0) is 11.3 Å². The molecular formula is C25H33N7O3S. The molecule has 1 aliphatic heterocycles. The van der Waals surface area contributed by atoms with Crippen molar-refractivity contribution in [3.05, 3.63) is 34.3 Å². The van der Waals surface area contributed by atoms with Crippen LogP contribution in [0, 0.1) is 13.8 Å². The summed E-state index contributed by atoms with van der Waals surface area (Å²) in [4.78, 5) is 26.4. The van der Waals surface area contributed by atoms with Gasteiger partial charge in [0, 0.05) is 23.1 Å². The van der Waals surface area contributed by atoms with Crippen molar-refractivity contribution in [2.45, 2.75) is 58.2 Å². The molecule has 2 N–H and O–H groups in total. The average Bonchev–Trinajstić information content (AvgIpc) is 3.02. The molecule has 11 heteroatoms. The second-order valence-electron chi connectivity index (χ2n) is 9.71. The van der Waals surface area contributed by atoms with Crippen molar-refractivity contribution < 1.29 is 14.3 Å². The Bertz CT molecular complexity index is 1330. The van der Waals surface area contributed by atoms with Gasteiger partial charge in [-0.1, -0.05) is 5.57 Å². The molecule has 1 amide bonds. The molecule has 0 saturated heterocycles. The minimum Gasteiger partial charge on any atom is -0.496 e. The number of pyridine rings is 1. The molecule has 0 saturated carbocycles. The van der Waals surface area contributed by atoms with E-state index >= 15 is 0 Å². The van der Waals surface area contributed by atoms with Gasteiger partial charge in [0.1, 0.15) is 16.4 Å². The first-order chi connectivity index (χ1) is 17.1. The van der Waals surface area contributed by atoms with Crippen molar-refractivity contribution in [1.29, 1.82) is 0 Å². The van der Waals surface area contributed by atoms with Gasteiger partial charge in [0.05, 0.1) is 30.4 Å².